The average Bonchev–Trinajstić information content (AvgIpc) is 2.79. The van der Waals surface area contributed by atoms with Crippen LogP contribution in [-0.4, -0.2) is 43.4 Å². The monoisotopic (exact) mass is 427 g/mol. The fourth-order valence-electron chi connectivity index (χ4n) is 2.52. The van der Waals surface area contributed by atoms with E-state index >= 15 is 0 Å². The lowest BCUT2D eigenvalue weighted by atomic mass is 10.0. The molecule has 2 rings (SSSR count). The van der Waals surface area contributed by atoms with Crippen LogP contribution in [0.1, 0.15) is 34.6 Å². The molecule has 2 aromatic carbocycles. The van der Waals surface area contributed by atoms with Crippen molar-refractivity contribution in [1.82, 2.24) is 16.2 Å². The first-order valence-corrected chi connectivity index (χ1v) is 9.57. The highest BCUT2D eigenvalue weighted by Crippen LogP contribution is 2.12. The van der Waals surface area contributed by atoms with Crippen LogP contribution in [0.15, 0.2) is 54.6 Å². The number of benzene rings is 2. The van der Waals surface area contributed by atoms with Gasteiger partial charge in [0.05, 0.1) is 7.11 Å². The molecule has 0 aromatic heterocycles. The SMILES string of the molecule is COc1ccc(C(=O)NC(C(=O)OCC(=O)NNC(=O)c2ccccc2)C(C)C)cc1. The number of carbonyl (C=O) groups is 4. The number of hydrogen-bond donors (Lipinski definition) is 3. The third kappa shape index (κ3) is 7.14. The molecule has 1 atom stereocenters. The van der Waals surface area contributed by atoms with E-state index in [2.05, 4.69) is 16.2 Å². The van der Waals surface area contributed by atoms with Crippen LogP contribution in [0, 0.1) is 5.92 Å². The van der Waals surface area contributed by atoms with E-state index in [0.29, 0.717) is 16.9 Å². The summed E-state index contributed by atoms with van der Waals surface area (Å²) in [6.07, 6.45) is 0. The van der Waals surface area contributed by atoms with E-state index in [1.165, 1.54) is 7.11 Å². The highest BCUT2D eigenvalue weighted by Gasteiger charge is 2.27. The molecule has 0 bridgehead atoms. The van der Waals surface area contributed by atoms with Gasteiger partial charge in [-0.3, -0.25) is 25.2 Å². The third-order valence-corrected chi connectivity index (χ3v) is 4.26. The molecule has 1 unspecified atom stereocenters. The van der Waals surface area contributed by atoms with E-state index < -0.39 is 36.3 Å². The minimum atomic E-state index is -0.957. The Bertz CT molecular complexity index is 913. The van der Waals surface area contributed by atoms with Crippen LogP contribution in [-0.2, 0) is 14.3 Å². The second-order valence-corrected chi connectivity index (χ2v) is 6.90. The van der Waals surface area contributed by atoms with Crippen LogP contribution in [0.4, 0.5) is 0 Å². The van der Waals surface area contributed by atoms with Gasteiger partial charge in [0.25, 0.3) is 17.7 Å². The largest absolute Gasteiger partial charge is 0.497 e. The smallest absolute Gasteiger partial charge is 0.329 e. The first-order chi connectivity index (χ1) is 14.8. The molecule has 0 saturated carbocycles. The van der Waals surface area contributed by atoms with E-state index in [1.807, 2.05) is 0 Å². The zero-order valence-corrected chi connectivity index (χ0v) is 17.5. The lowest BCUT2D eigenvalue weighted by molar-refractivity contribution is -0.151. The Morgan fingerprint density at radius 3 is 2.03 bits per heavy atom. The van der Waals surface area contributed by atoms with Crippen LogP contribution in [0.3, 0.4) is 0 Å². The molecule has 164 valence electrons. The molecule has 0 saturated heterocycles. The summed E-state index contributed by atoms with van der Waals surface area (Å²) in [5.41, 5.74) is 5.10. The fraction of sp³-hybridized carbons (Fsp3) is 0.273. The summed E-state index contributed by atoms with van der Waals surface area (Å²) >= 11 is 0. The molecule has 31 heavy (non-hydrogen) atoms. The van der Waals surface area contributed by atoms with Gasteiger partial charge in [-0.1, -0.05) is 32.0 Å². The minimum absolute atomic E-state index is 0.282. The van der Waals surface area contributed by atoms with Gasteiger partial charge in [0.1, 0.15) is 11.8 Å². The summed E-state index contributed by atoms with van der Waals surface area (Å²) in [5, 5.41) is 2.61. The Kier molecular flexibility index (Phi) is 8.56. The van der Waals surface area contributed by atoms with Crippen molar-refractivity contribution in [3.05, 3.63) is 65.7 Å². The number of hydrazine groups is 1. The molecular formula is C22H25N3O6. The molecule has 9 heteroatoms. The summed E-state index contributed by atoms with van der Waals surface area (Å²) in [5.74, 6) is -2.13. The highest BCUT2D eigenvalue weighted by molar-refractivity contribution is 5.97. The molecule has 3 N–H and O–H groups in total. The standard InChI is InChI=1S/C22H25N3O6/c1-14(2)19(23-20(27)16-9-11-17(30-3)12-10-16)22(29)31-13-18(26)24-25-21(28)15-7-5-4-6-8-15/h4-12,14,19H,13H2,1-3H3,(H,23,27)(H,24,26)(H,25,28). The molecule has 0 spiro atoms. The van der Waals surface area contributed by atoms with Gasteiger partial charge in [-0.05, 0) is 42.3 Å². The molecule has 9 nitrogen and oxygen atoms in total. The van der Waals surface area contributed by atoms with Gasteiger partial charge in [-0.15, -0.1) is 0 Å². The predicted octanol–water partition coefficient (Wildman–Crippen LogP) is 1.45. The average molecular weight is 427 g/mol. The van der Waals surface area contributed by atoms with Crippen molar-refractivity contribution >= 4 is 23.7 Å². The van der Waals surface area contributed by atoms with Crippen LogP contribution >= 0.6 is 0 Å². The number of ether oxygens (including phenoxy) is 2. The van der Waals surface area contributed by atoms with Crippen molar-refractivity contribution < 1.29 is 28.7 Å². The maximum atomic E-state index is 12.4. The van der Waals surface area contributed by atoms with Gasteiger partial charge in [0.15, 0.2) is 6.61 Å². The number of esters is 1. The van der Waals surface area contributed by atoms with Crippen LogP contribution in [0.2, 0.25) is 0 Å². The Morgan fingerprint density at radius 2 is 1.45 bits per heavy atom. The van der Waals surface area contributed by atoms with Gasteiger partial charge >= 0.3 is 5.97 Å². The minimum Gasteiger partial charge on any atom is -0.497 e. The molecule has 3 amide bonds. The first kappa shape index (κ1) is 23.4. The summed E-state index contributed by atoms with van der Waals surface area (Å²) in [6, 6.07) is 13.7. The van der Waals surface area contributed by atoms with Gasteiger partial charge in [-0.25, -0.2) is 4.79 Å². The number of rotatable bonds is 8. The summed E-state index contributed by atoms with van der Waals surface area (Å²) in [4.78, 5) is 48.6. The third-order valence-electron chi connectivity index (χ3n) is 4.26. The van der Waals surface area contributed by atoms with Crippen molar-refractivity contribution in [2.24, 2.45) is 5.92 Å². The van der Waals surface area contributed by atoms with Crippen molar-refractivity contribution in [2.75, 3.05) is 13.7 Å². The predicted molar refractivity (Wildman–Crippen MR) is 112 cm³/mol. The van der Waals surface area contributed by atoms with Crippen LogP contribution in [0.25, 0.3) is 0 Å². The maximum absolute atomic E-state index is 12.4. The van der Waals surface area contributed by atoms with Gasteiger partial charge in [0.2, 0.25) is 0 Å². The highest BCUT2D eigenvalue weighted by atomic mass is 16.5. The zero-order valence-electron chi connectivity index (χ0n) is 17.5. The van der Waals surface area contributed by atoms with Crippen molar-refractivity contribution in [3.63, 3.8) is 0 Å². The topological polar surface area (TPSA) is 123 Å². The molecule has 0 aliphatic heterocycles. The number of amides is 3. The Labute approximate surface area is 180 Å². The number of methoxy groups -OCH3 is 1. The van der Waals surface area contributed by atoms with Crippen molar-refractivity contribution in [1.29, 1.82) is 0 Å². The van der Waals surface area contributed by atoms with Crippen molar-refractivity contribution in [3.8, 4) is 5.75 Å². The molecule has 2 aromatic rings. The lowest BCUT2D eigenvalue weighted by Gasteiger charge is -2.21. The van der Waals surface area contributed by atoms with E-state index in [4.69, 9.17) is 9.47 Å². The van der Waals surface area contributed by atoms with E-state index in [9.17, 15) is 19.2 Å². The summed E-state index contributed by atoms with van der Waals surface area (Å²) in [7, 11) is 1.52. The lowest BCUT2D eigenvalue weighted by Crippen LogP contribution is -2.47. The van der Waals surface area contributed by atoms with Gasteiger partial charge in [-0.2, -0.15) is 0 Å². The second-order valence-electron chi connectivity index (χ2n) is 6.90. The molecule has 0 heterocycles. The van der Waals surface area contributed by atoms with Crippen LogP contribution < -0.4 is 20.9 Å². The number of carbonyl (C=O) groups excluding carboxylic acids is 4. The summed E-state index contributed by atoms with van der Waals surface area (Å²) < 4.78 is 10.1. The fourth-order valence-corrected chi connectivity index (χ4v) is 2.52. The maximum Gasteiger partial charge on any atom is 0.329 e. The van der Waals surface area contributed by atoms with E-state index in [0.717, 1.165) is 0 Å². The number of nitrogens with one attached hydrogen (secondary N) is 3. The molecular weight excluding hydrogens is 402 g/mol. The molecule has 0 radical (unpaired) electrons. The zero-order chi connectivity index (χ0) is 22.8. The van der Waals surface area contributed by atoms with Crippen molar-refractivity contribution in [2.45, 2.75) is 19.9 Å². The van der Waals surface area contributed by atoms with Gasteiger partial charge in [0, 0.05) is 11.1 Å². The van der Waals surface area contributed by atoms with E-state index in [-0.39, 0.29) is 5.92 Å². The van der Waals surface area contributed by atoms with E-state index in [1.54, 1.807) is 68.4 Å². The molecule has 0 fully saturated rings. The van der Waals surface area contributed by atoms with Crippen LogP contribution in [0.5, 0.6) is 5.75 Å². The Morgan fingerprint density at radius 1 is 0.839 bits per heavy atom. The normalized spacial score (nSPS) is 11.2. The Balaban J connectivity index is 1.84. The summed E-state index contributed by atoms with van der Waals surface area (Å²) in [6.45, 7) is 2.86. The molecule has 0 aliphatic carbocycles. The number of hydrogen-bond acceptors (Lipinski definition) is 6. The quantitative estimate of drug-likeness (QED) is 0.433. The first-order valence-electron chi connectivity index (χ1n) is 9.57. The second kappa shape index (κ2) is 11.3. The van der Waals surface area contributed by atoms with Gasteiger partial charge < -0.3 is 14.8 Å². The Hall–Kier alpha value is -3.88. The molecule has 0 aliphatic rings.